The molecule has 1 saturated heterocycles. The van der Waals surface area contributed by atoms with Crippen molar-refractivity contribution in [3.05, 3.63) is 60.2 Å². The lowest BCUT2D eigenvalue weighted by atomic mass is 9.62. The molecule has 1 N–H and O–H groups in total. The van der Waals surface area contributed by atoms with Crippen molar-refractivity contribution in [2.24, 2.45) is 11.3 Å². The van der Waals surface area contributed by atoms with Gasteiger partial charge in [-0.1, -0.05) is 30.3 Å². The Morgan fingerprint density at radius 1 is 1.13 bits per heavy atom. The number of hydrogen-bond acceptors (Lipinski definition) is 5. The van der Waals surface area contributed by atoms with Crippen molar-refractivity contribution in [1.29, 1.82) is 0 Å². The highest BCUT2D eigenvalue weighted by Gasteiger charge is 2.68. The molecule has 1 aliphatic carbocycles. The third-order valence-electron chi connectivity index (χ3n) is 6.89. The lowest BCUT2D eigenvalue weighted by Gasteiger charge is -2.52. The number of aliphatic hydroxyl groups is 1. The number of nitrogens with zero attached hydrogens (tertiary/aromatic N) is 1. The summed E-state index contributed by atoms with van der Waals surface area (Å²) in [5.41, 5.74) is -0.942. The zero-order valence-electron chi connectivity index (χ0n) is 18.0. The van der Waals surface area contributed by atoms with Crippen LogP contribution in [-0.2, 0) is 20.7 Å². The molecule has 1 heterocycles. The van der Waals surface area contributed by atoms with Gasteiger partial charge in [-0.05, 0) is 62.4 Å². The molecule has 1 amide bonds. The number of fused-ring (bicyclic) bond motifs is 1. The van der Waals surface area contributed by atoms with Gasteiger partial charge in [0.1, 0.15) is 11.2 Å². The summed E-state index contributed by atoms with van der Waals surface area (Å²) in [6.45, 7) is 2.11. The highest BCUT2D eigenvalue weighted by molar-refractivity contribution is 6.00. The molecule has 1 saturated carbocycles. The molecule has 4 rings (SSSR count). The third-order valence-corrected chi connectivity index (χ3v) is 6.89. The quantitative estimate of drug-likeness (QED) is 0.721. The van der Waals surface area contributed by atoms with Crippen LogP contribution < -0.4 is 9.64 Å². The Bertz CT molecular complexity index is 944. The van der Waals surface area contributed by atoms with Gasteiger partial charge in [0.05, 0.1) is 25.2 Å². The van der Waals surface area contributed by atoms with Crippen LogP contribution in [0.3, 0.4) is 0 Å². The Labute approximate surface area is 182 Å². The summed E-state index contributed by atoms with van der Waals surface area (Å²) in [5, 5.41) is 11.9. The molecule has 1 aliphatic heterocycles. The number of benzene rings is 2. The number of esters is 1. The first-order chi connectivity index (χ1) is 14.9. The van der Waals surface area contributed by atoms with Crippen molar-refractivity contribution < 1.29 is 24.2 Å². The van der Waals surface area contributed by atoms with Crippen molar-refractivity contribution in [1.82, 2.24) is 0 Å². The minimum Gasteiger partial charge on any atom is -0.497 e. The Morgan fingerprint density at radius 3 is 2.48 bits per heavy atom. The van der Waals surface area contributed by atoms with Crippen molar-refractivity contribution in [2.45, 2.75) is 38.2 Å². The number of methoxy groups -OCH3 is 1. The molecule has 0 aromatic heterocycles. The summed E-state index contributed by atoms with van der Waals surface area (Å²) >= 11 is 0. The van der Waals surface area contributed by atoms with E-state index in [0.717, 1.165) is 5.56 Å². The largest absolute Gasteiger partial charge is 0.497 e. The highest BCUT2D eigenvalue weighted by Crippen LogP contribution is 2.56. The third kappa shape index (κ3) is 3.49. The topological polar surface area (TPSA) is 76.1 Å². The van der Waals surface area contributed by atoms with Gasteiger partial charge in [0.25, 0.3) is 0 Å². The van der Waals surface area contributed by atoms with E-state index in [9.17, 15) is 14.7 Å². The van der Waals surface area contributed by atoms with Gasteiger partial charge in [0.15, 0.2) is 0 Å². The van der Waals surface area contributed by atoms with Gasteiger partial charge in [-0.2, -0.15) is 0 Å². The maximum Gasteiger partial charge on any atom is 0.316 e. The van der Waals surface area contributed by atoms with Crippen LogP contribution in [0.2, 0.25) is 0 Å². The van der Waals surface area contributed by atoms with E-state index in [0.29, 0.717) is 37.1 Å². The monoisotopic (exact) mass is 423 g/mol. The first-order valence-electron chi connectivity index (χ1n) is 10.8. The molecule has 2 aliphatic rings. The summed E-state index contributed by atoms with van der Waals surface area (Å²) in [4.78, 5) is 28.6. The molecule has 164 valence electrons. The van der Waals surface area contributed by atoms with Crippen LogP contribution in [0.25, 0.3) is 0 Å². The number of ether oxygens (including phenoxy) is 2. The van der Waals surface area contributed by atoms with E-state index in [1.165, 1.54) is 0 Å². The smallest absolute Gasteiger partial charge is 0.316 e. The number of piperidine rings is 1. The molecule has 6 nitrogen and oxygen atoms in total. The van der Waals surface area contributed by atoms with Gasteiger partial charge < -0.3 is 19.5 Å². The molecule has 0 radical (unpaired) electrons. The maximum atomic E-state index is 13.7. The normalized spacial score (nSPS) is 27.6. The molecule has 0 unspecified atom stereocenters. The average molecular weight is 424 g/mol. The Kier molecular flexibility index (Phi) is 5.75. The van der Waals surface area contributed by atoms with Gasteiger partial charge in [-0.25, -0.2) is 0 Å². The van der Waals surface area contributed by atoms with Crippen LogP contribution in [0.5, 0.6) is 5.75 Å². The standard InChI is InChI=1S/C25H29NO5/c1-3-31-23(28)24-14-7-15-25(24,29)21(16-18-8-5-4-6-9-18)22(27)26(17-24)19-10-12-20(30-2)13-11-19/h4-6,8-13,21,29H,3,7,14-17H2,1-2H3/t21-,24-,25-/m0/s1. The number of rotatable bonds is 6. The number of carbonyl (C=O) groups is 2. The van der Waals surface area contributed by atoms with Crippen LogP contribution in [0, 0.1) is 11.3 Å². The molecule has 3 atom stereocenters. The molecule has 0 spiro atoms. The zero-order chi connectivity index (χ0) is 22.1. The van der Waals surface area contributed by atoms with E-state index in [1.54, 1.807) is 31.1 Å². The number of amides is 1. The second-order valence-corrected chi connectivity index (χ2v) is 8.45. The minimum atomic E-state index is -1.44. The van der Waals surface area contributed by atoms with Gasteiger partial charge in [-0.15, -0.1) is 0 Å². The SMILES string of the molecule is CCOC(=O)[C@@]12CCC[C@]1(O)[C@@H](Cc1ccccc1)C(=O)N(c1ccc(OC)cc1)C2. The molecular weight excluding hydrogens is 394 g/mol. The fourth-order valence-electron chi connectivity index (χ4n) is 5.28. The molecule has 31 heavy (non-hydrogen) atoms. The van der Waals surface area contributed by atoms with E-state index in [2.05, 4.69) is 0 Å². The molecular formula is C25H29NO5. The fraction of sp³-hybridized carbons (Fsp3) is 0.440. The maximum absolute atomic E-state index is 13.7. The van der Waals surface area contributed by atoms with Crippen molar-refractivity contribution in [3.63, 3.8) is 0 Å². The molecule has 2 aromatic carbocycles. The molecule has 2 fully saturated rings. The van der Waals surface area contributed by atoms with Gasteiger partial charge in [-0.3, -0.25) is 9.59 Å². The average Bonchev–Trinajstić information content (AvgIpc) is 3.15. The summed E-state index contributed by atoms with van der Waals surface area (Å²) < 4.78 is 10.7. The van der Waals surface area contributed by atoms with E-state index < -0.39 is 22.9 Å². The molecule has 6 heteroatoms. The van der Waals surface area contributed by atoms with Crippen molar-refractivity contribution in [3.8, 4) is 5.75 Å². The number of anilines is 1. The lowest BCUT2D eigenvalue weighted by Crippen LogP contribution is -2.68. The number of carbonyl (C=O) groups excluding carboxylic acids is 2. The first kappa shape index (κ1) is 21.4. The number of hydrogen-bond donors (Lipinski definition) is 1. The van der Waals surface area contributed by atoms with Crippen LogP contribution in [-0.4, -0.2) is 42.8 Å². The van der Waals surface area contributed by atoms with Crippen LogP contribution in [0.4, 0.5) is 5.69 Å². The van der Waals surface area contributed by atoms with E-state index in [1.807, 2.05) is 42.5 Å². The van der Waals surface area contributed by atoms with E-state index >= 15 is 0 Å². The van der Waals surface area contributed by atoms with E-state index in [4.69, 9.17) is 9.47 Å². The predicted octanol–water partition coefficient (Wildman–Crippen LogP) is 3.37. The first-order valence-corrected chi connectivity index (χ1v) is 10.8. The molecule has 2 aromatic rings. The minimum absolute atomic E-state index is 0.110. The second kappa shape index (κ2) is 8.35. The van der Waals surface area contributed by atoms with Gasteiger partial charge >= 0.3 is 5.97 Å². The van der Waals surface area contributed by atoms with Crippen LogP contribution in [0.15, 0.2) is 54.6 Å². The Balaban J connectivity index is 1.79. The van der Waals surface area contributed by atoms with Crippen LogP contribution >= 0.6 is 0 Å². The lowest BCUT2D eigenvalue weighted by molar-refractivity contribution is -0.184. The highest BCUT2D eigenvalue weighted by atomic mass is 16.5. The summed E-state index contributed by atoms with van der Waals surface area (Å²) in [6.07, 6.45) is 1.94. The second-order valence-electron chi connectivity index (χ2n) is 8.45. The molecule has 0 bridgehead atoms. The van der Waals surface area contributed by atoms with E-state index in [-0.39, 0.29) is 19.1 Å². The summed E-state index contributed by atoms with van der Waals surface area (Å²) in [6, 6.07) is 16.9. The zero-order valence-corrected chi connectivity index (χ0v) is 18.0. The van der Waals surface area contributed by atoms with Gasteiger partial charge in [0, 0.05) is 12.2 Å². The summed E-state index contributed by atoms with van der Waals surface area (Å²) in [7, 11) is 1.59. The Morgan fingerprint density at radius 2 is 1.84 bits per heavy atom. The fourth-order valence-corrected chi connectivity index (χ4v) is 5.28. The van der Waals surface area contributed by atoms with Crippen molar-refractivity contribution >= 4 is 17.6 Å². The van der Waals surface area contributed by atoms with Crippen LogP contribution in [0.1, 0.15) is 31.7 Å². The predicted molar refractivity (Wildman–Crippen MR) is 117 cm³/mol. The summed E-state index contributed by atoms with van der Waals surface area (Å²) in [5.74, 6) is -0.637. The van der Waals surface area contributed by atoms with Gasteiger partial charge in [0.2, 0.25) is 5.91 Å². The van der Waals surface area contributed by atoms with Crippen molar-refractivity contribution in [2.75, 3.05) is 25.2 Å². The Hall–Kier alpha value is -2.86.